The van der Waals surface area contributed by atoms with Crippen molar-refractivity contribution in [1.29, 1.82) is 0 Å². The zero-order valence-corrected chi connectivity index (χ0v) is 13.1. The van der Waals surface area contributed by atoms with Crippen LogP contribution in [-0.4, -0.2) is 39.2 Å². The molecule has 1 aromatic carbocycles. The molecule has 0 radical (unpaired) electrons. The van der Waals surface area contributed by atoms with Gasteiger partial charge in [0.25, 0.3) is 5.91 Å². The smallest absolute Gasteiger partial charge is 0.338 e. The van der Waals surface area contributed by atoms with Crippen LogP contribution in [0.15, 0.2) is 29.2 Å². The van der Waals surface area contributed by atoms with Crippen molar-refractivity contribution in [2.24, 2.45) is 0 Å². The molecule has 1 amide bonds. The van der Waals surface area contributed by atoms with Gasteiger partial charge in [0.2, 0.25) is 0 Å². The molecule has 116 valence electrons. The van der Waals surface area contributed by atoms with Gasteiger partial charge >= 0.3 is 5.97 Å². The third-order valence-electron chi connectivity index (χ3n) is 2.85. The molecule has 21 heavy (non-hydrogen) atoms. The van der Waals surface area contributed by atoms with Crippen LogP contribution in [0.3, 0.4) is 0 Å². The highest BCUT2D eigenvalue weighted by Crippen LogP contribution is 2.12. The van der Waals surface area contributed by atoms with Gasteiger partial charge in [-0.15, -0.1) is 0 Å². The molecule has 0 aliphatic rings. The monoisotopic (exact) mass is 313 g/mol. The number of hydrogen-bond donors (Lipinski definition) is 1. The van der Waals surface area contributed by atoms with E-state index in [0.717, 1.165) is 12.7 Å². The minimum absolute atomic E-state index is 0.00441. The molecule has 1 N–H and O–H groups in total. The van der Waals surface area contributed by atoms with Gasteiger partial charge in [-0.25, -0.2) is 13.2 Å². The zero-order valence-electron chi connectivity index (χ0n) is 12.3. The summed E-state index contributed by atoms with van der Waals surface area (Å²) in [4.78, 5) is 23.3. The number of carbonyl (C=O) groups excluding carboxylic acids is 2. The van der Waals surface area contributed by atoms with Gasteiger partial charge in [-0.05, 0) is 31.5 Å². The average molecular weight is 313 g/mol. The maximum atomic E-state index is 11.8. The van der Waals surface area contributed by atoms with Crippen LogP contribution in [0.25, 0.3) is 0 Å². The van der Waals surface area contributed by atoms with Gasteiger partial charge in [-0.1, -0.05) is 13.0 Å². The second-order valence-electron chi connectivity index (χ2n) is 4.75. The second kappa shape index (κ2) is 7.21. The van der Waals surface area contributed by atoms with Crippen molar-refractivity contribution in [2.75, 3.05) is 12.9 Å². The SMILES string of the molecule is CC[C@@H](C)NC(=O)COC(=O)c1cccc(S(C)(=O)=O)c1. The van der Waals surface area contributed by atoms with Crippen LogP contribution in [0.4, 0.5) is 0 Å². The van der Waals surface area contributed by atoms with E-state index < -0.39 is 28.3 Å². The van der Waals surface area contributed by atoms with Crippen molar-refractivity contribution in [3.63, 3.8) is 0 Å². The number of benzene rings is 1. The van der Waals surface area contributed by atoms with E-state index in [4.69, 9.17) is 4.74 Å². The number of hydrogen-bond acceptors (Lipinski definition) is 5. The molecule has 0 fully saturated rings. The molecule has 0 aromatic heterocycles. The fourth-order valence-corrected chi connectivity index (χ4v) is 2.15. The van der Waals surface area contributed by atoms with Crippen molar-refractivity contribution < 1.29 is 22.7 Å². The molecule has 0 saturated heterocycles. The van der Waals surface area contributed by atoms with Gasteiger partial charge in [0.05, 0.1) is 10.5 Å². The summed E-state index contributed by atoms with van der Waals surface area (Å²) in [5.74, 6) is -1.13. The van der Waals surface area contributed by atoms with E-state index >= 15 is 0 Å². The first-order valence-corrected chi connectivity index (χ1v) is 8.39. The minimum Gasteiger partial charge on any atom is -0.452 e. The third-order valence-corrected chi connectivity index (χ3v) is 3.96. The molecular formula is C14H19NO5S. The molecule has 0 saturated carbocycles. The number of amides is 1. The lowest BCUT2D eigenvalue weighted by Gasteiger charge is -2.11. The summed E-state index contributed by atoms with van der Waals surface area (Å²) in [5, 5.41) is 2.66. The van der Waals surface area contributed by atoms with Crippen molar-refractivity contribution in [3.8, 4) is 0 Å². The standard InChI is InChI=1S/C14H19NO5S/c1-4-10(2)15-13(16)9-20-14(17)11-6-5-7-12(8-11)21(3,18)19/h5-8,10H,4,9H2,1-3H3,(H,15,16)/t10-/m1/s1. The Labute approximate surface area is 124 Å². The van der Waals surface area contributed by atoms with Crippen LogP contribution < -0.4 is 5.32 Å². The Balaban J connectivity index is 2.67. The number of esters is 1. The van der Waals surface area contributed by atoms with Gasteiger partial charge in [-0.2, -0.15) is 0 Å². The fraction of sp³-hybridized carbons (Fsp3) is 0.429. The molecule has 1 aromatic rings. The van der Waals surface area contributed by atoms with Crippen molar-refractivity contribution in [3.05, 3.63) is 29.8 Å². The molecule has 0 aliphatic carbocycles. The van der Waals surface area contributed by atoms with E-state index in [-0.39, 0.29) is 16.5 Å². The molecule has 0 aliphatic heterocycles. The highest BCUT2D eigenvalue weighted by molar-refractivity contribution is 7.90. The maximum absolute atomic E-state index is 11.8. The van der Waals surface area contributed by atoms with Gasteiger partial charge in [0.15, 0.2) is 16.4 Å². The van der Waals surface area contributed by atoms with E-state index in [1.165, 1.54) is 24.3 Å². The summed E-state index contributed by atoms with van der Waals surface area (Å²) < 4.78 is 27.7. The molecule has 0 spiro atoms. The van der Waals surface area contributed by atoms with E-state index in [0.29, 0.717) is 0 Å². The highest BCUT2D eigenvalue weighted by Gasteiger charge is 2.14. The van der Waals surface area contributed by atoms with E-state index in [2.05, 4.69) is 5.32 Å². The van der Waals surface area contributed by atoms with Crippen molar-refractivity contribution in [1.82, 2.24) is 5.32 Å². The summed E-state index contributed by atoms with van der Waals surface area (Å²) in [6, 6.07) is 5.51. The Kier molecular flexibility index (Phi) is 5.90. The van der Waals surface area contributed by atoms with Crippen molar-refractivity contribution in [2.45, 2.75) is 31.2 Å². The first-order chi connectivity index (χ1) is 9.74. The van der Waals surface area contributed by atoms with Crippen LogP contribution in [0, 0.1) is 0 Å². The Bertz CT molecular complexity index is 624. The van der Waals surface area contributed by atoms with Crippen LogP contribution in [0.2, 0.25) is 0 Å². The molecule has 0 heterocycles. The molecule has 6 nitrogen and oxygen atoms in total. The Morgan fingerprint density at radius 3 is 2.57 bits per heavy atom. The molecule has 1 atom stereocenters. The largest absolute Gasteiger partial charge is 0.452 e. The van der Waals surface area contributed by atoms with Crippen LogP contribution in [-0.2, 0) is 19.4 Å². The number of sulfone groups is 1. The van der Waals surface area contributed by atoms with Crippen molar-refractivity contribution >= 4 is 21.7 Å². The number of rotatable bonds is 6. The van der Waals surface area contributed by atoms with E-state index in [9.17, 15) is 18.0 Å². The summed E-state index contributed by atoms with van der Waals surface area (Å²) in [6.45, 7) is 3.37. The van der Waals surface area contributed by atoms with Crippen LogP contribution in [0.1, 0.15) is 30.6 Å². The Morgan fingerprint density at radius 1 is 1.33 bits per heavy atom. The van der Waals surface area contributed by atoms with Crippen LogP contribution >= 0.6 is 0 Å². The van der Waals surface area contributed by atoms with E-state index in [1.54, 1.807) is 0 Å². The zero-order chi connectivity index (χ0) is 16.0. The predicted molar refractivity (Wildman–Crippen MR) is 77.7 cm³/mol. The van der Waals surface area contributed by atoms with Crippen LogP contribution in [0.5, 0.6) is 0 Å². The van der Waals surface area contributed by atoms with Gasteiger partial charge in [0, 0.05) is 12.3 Å². The molecule has 7 heteroatoms. The third kappa shape index (κ3) is 5.55. The Hall–Kier alpha value is -1.89. The quantitative estimate of drug-likeness (QED) is 0.796. The fourth-order valence-electron chi connectivity index (χ4n) is 1.49. The van der Waals surface area contributed by atoms with Gasteiger partial charge in [0.1, 0.15) is 0 Å². The number of ether oxygens (including phenoxy) is 1. The number of carbonyl (C=O) groups is 2. The number of nitrogens with one attached hydrogen (secondary N) is 1. The highest BCUT2D eigenvalue weighted by atomic mass is 32.2. The lowest BCUT2D eigenvalue weighted by molar-refractivity contribution is -0.124. The Morgan fingerprint density at radius 2 is 2.00 bits per heavy atom. The normalized spacial score (nSPS) is 12.5. The molecule has 1 rings (SSSR count). The van der Waals surface area contributed by atoms with Gasteiger partial charge in [-0.3, -0.25) is 4.79 Å². The van der Waals surface area contributed by atoms with Gasteiger partial charge < -0.3 is 10.1 Å². The lowest BCUT2D eigenvalue weighted by atomic mass is 10.2. The maximum Gasteiger partial charge on any atom is 0.338 e. The minimum atomic E-state index is -3.40. The predicted octanol–water partition coefficient (Wildman–Crippen LogP) is 1.16. The van der Waals surface area contributed by atoms with E-state index in [1.807, 2.05) is 13.8 Å². The molecule has 0 bridgehead atoms. The average Bonchev–Trinajstić information content (AvgIpc) is 2.43. The summed E-state index contributed by atoms with van der Waals surface area (Å²) >= 11 is 0. The molecule has 0 unspecified atom stereocenters. The second-order valence-corrected chi connectivity index (χ2v) is 6.77. The summed E-state index contributed by atoms with van der Waals surface area (Å²) in [7, 11) is -3.40. The summed E-state index contributed by atoms with van der Waals surface area (Å²) in [6.07, 6.45) is 1.83. The first-order valence-electron chi connectivity index (χ1n) is 6.50. The topological polar surface area (TPSA) is 89.5 Å². The summed E-state index contributed by atoms with van der Waals surface area (Å²) in [5.41, 5.74) is 0.0919. The lowest BCUT2D eigenvalue weighted by Crippen LogP contribution is -2.35. The molecular weight excluding hydrogens is 294 g/mol. The first kappa shape index (κ1) is 17.2.